The maximum atomic E-state index is 12.5. The Morgan fingerprint density at radius 1 is 1.20 bits per heavy atom. The van der Waals surface area contributed by atoms with Crippen LogP contribution < -0.4 is 5.32 Å². The number of amides is 2. The van der Waals surface area contributed by atoms with Crippen LogP contribution in [-0.2, 0) is 16.1 Å². The molecule has 1 N–H and O–H groups in total. The second kappa shape index (κ2) is 5.27. The van der Waals surface area contributed by atoms with Crippen molar-refractivity contribution in [1.29, 1.82) is 0 Å². The van der Waals surface area contributed by atoms with Crippen LogP contribution in [0.25, 0.3) is 0 Å². The van der Waals surface area contributed by atoms with Crippen LogP contribution in [0.2, 0.25) is 0 Å². The highest BCUT2D eigenvalue weighted by molar-refractivity contribution is 5.99. The molecule has 1 atom stereocenters. The average Bonchev–Trinajstić information content (AvgIpc) is 2.41. The number of piperazine rings is 1. The van der Waals surface area contributed by atoms with E-state index in [9.17, 15) is 9.59 Å². The van der Waals surface area contributed by atoms with E-state index in [4.69, 9.17) is 0 Å². The normalized spacial score (nSPS) is 21.8. The molecule has 0 spiro atoms. The van der Waals surface area contributed by atoms with Crippen LogP contribution >= 0.6 is 0 Å². The van der Waals surface area contributed by atoms with E-state index in [1.54, 1.807) is 18.7 Å². The number of hydrogen-bond acceptors (Lipinski definition) is 2. The number of carbonyl (C=O) groups excluding carboxylic acids is 2. The van der Waals surface area contributed by atoms with E-state index in [-0.39, 0.29) is 11.8 Å². The highest BCUT2D eigenvalue weighted by Crippen LogP contribution is 2.24. The van der Waals surface area contributed by atoms with Gasteiger partial charge in [0.25, 0.3) is 0 Å². The summed E-state index contributed by atoms with van der Waals surface area (Å²) in [7, 11) is 0. The van der Waals surface area contributed by atoms with Gasteiger partial charge >= 0.3 is 0 Å². The Bertz CT molecular complexity index is 520. The van der Waals surface area contributed by atoms with Crippen molar-refractivity contribution in [3.05, 3.63) is 35.4 Å². The SMILES string of the molecule is CCC1NC(=O)C(C)(C)N(Cc2ccc(C)cc2)C1=O. The molecule has 1 aliphatic heterocycles. The van der Waals surface area contributed by atoms with E-state index in [2.05, 4.69) is 5.32 Å². The van der Waals surface area contributed by atoms with Crippen molar-refractivity contribution in [3.8, 4) is 0 Å². The molecular weight excluding hydrogens is 252 g/mol. The standard InChI is InChI=1S/C16H22N2O2/c1-5-13-14(19)18(16(3,4)15(20)17-13)10-12-8-6-11(2)7-9-12/h6-9,13H,5,10H2,1-4H3,(H,17,20). The van der Waals surface area contributed by atoms with Crippen molar-refractivity contribution in [2.75, 3.05) is 0 Å². The van der Waals surface area contributed by atoms with E-state index >= 15 is 0 Å². The van der Waals surface area contributed by atoms with Crippen molar-refractivity contribution in [3.63, 3.8) is 0 Å². The Kier molecular flexibility index (Phi) is 3.84. The largest absolute Gasteiger partial charge is 0.342 e. The van der Waals surface area contributed by atoms with E-state index < -0.39 is 11.6 Å². The fourth-order valence-electron chi connectivity index (χ4n) is 2.41. The molecular formula is C16H22N2O2. The number of hydrogen-bond donors (Lipinski definition) is 1. The molecule has 2 amide bonds. The number of rotatable bonds is 3. The topological polar surface area (TPSA) is 49.4 Å². The molecule has 4 heteroatoms. The van der Waals surface area contributed by atoms with Gasteiger partial charge in [-0.3, -0.25) is 9.59 Å². The van der Waals surface area contributed by atoms with Gasteiger partial charge in [0.15, 0.2) is 0 Å². The van der Waals surface area contributed by atoms with Crippen LogP contribution in [0.5, 0.6) is 0 Å². The molecule has 1 unspecified atom stereocenters. The predicted octanol–water partition coefficient (Wildman–Crippen LogP) is 2.01. The minimum absolute atomic E-state index is 0.00215. The van der Waals surface area contributed by atoms with E-state index in [1.807, 2.05) is 38.1 Å². The third-order valence-electron chi connectivity index (χ3n) is 3.97. The van der Waals surface area contributed by atoms with E-state index in [1.165, 1.54) is 5.56 Å². The molecule has 1 heterocycles. The van der Waals surface area contributed by atoms with Crippen LogP contribution in [0.3, 0.4) is 0 Å². The molecule has 20 heavy (non-hydrogen) atoms. The number of carbonyl (C=O) groups is 2. The summed E-state index contributed by atoms with van der Waals surface area (Å²) in [4.78, 5) is 26.4. The zero-order chi connectivity index (χ0) is 14.9. The summed E-state index contributed by atoms with van der Waals surface area (Å²) in [5.41, 5.74) is 1.41. The first-order chi connectivity index (χ1) is 9.36. The molecule has 0 saturated carbocycles. The first kappa shape index (κ1) is 14.6. The molecule has 0 radical (unpaired) electrons. The van der Waals surface area contributed by atoms with Crippen molar-refractivity contribution >= 4 is 11.8 Å². The van der Waals surface area contributed by atoms with Crippen LogP contribution in [0.1, 0.15) is 38.3 Å². The fraction of sp³-hybridized carbons (Fsp3) is 0.500. The van der Waals surface area contributed by atoms with E-state index in [0.29, 0.717) is 13.0 Å². The van der Waals surface area contributed by atoms with E-state index in [0.717, 1.165) is 5.56 Å². The second-order valence-corrected chi connectivity index (χ2v) is 5.90. The molecule has 0 bridgehead atoms. The van der Waals surface area contributed by atoms with Crippen molar-refractivity contribution < 1.29 is 9.59 Å². The lowest BCUT2D eigenvalue weighted by Crippen LogP contribution is -2.67. The molecule has 1 aliphatic rings. The van der Waals surface area contributed by atoms with Crippen LogP contribution in [0, 0.1) is 6.92 Å². The lowest BCUT2D eigenvalue weighted by atomic mass is 9.94. The van der Waals surface area contributed by atoms with Crippen molar-refractivity contribution in [2.45, 2.75) is 52.2 Å². The molecule has 1 fully saturated rings. The Morgan fingerprint density at radius 2 is 1.80 bits per heavy atom. The number of nitrogens with one attached hydrogen (secondary N) is 1. The van der Waals surface area contributed by atoms with Gasteiger partial charge in [-0.1, -0.05) is 36.8 Å². The zero-order valence-electron chi connectivity index (χ0n) is 12.6. The summed E-state index contributed by atoms with van der Waals surface area (Å²) in [5.74, 6) is -0.0891. The highest BCUT2D eigenvalue weighted by atomic mass is 16.2. The number of benzene rings is 1. The van der Waals surface area contributed by atoms with Crippen LogP contribution in [-0.4, -0.2) is 28.3 Å². The Balaban J connectivity index is 2.27. The van der Waals surface area contributed by atoms with Crippen LogP contribution in [0.4, 0.5) is 0 Å². The predicted molar refractivity (Wildman–Crippen MR) is 78.0 cm³/mol. The zero-order valence-corrected chi connectivity index (χ0v) is 12.6. The summed E-state index contributed by atoms with van der Waals surface area (Å²) in [6.07, 6.45) is 0.616. The highest BCUT2D eigenvalue weighted by Gasteiger charge is 2.45. The lowest BCUT2D eigenvalue weighted by molar-refractivity contribution is -0.156. The third kappa shape index (κ3) is 2.55. The van der Waals surface area contributed by atoms with Crippen LogP contribution in [0.15, 0.2) is 24.3 Å². The van der Waals surface area contributed by atoms with Gasteiger partial charge in [-0.25, -0.2) is 0 Å². The molecule has 0 aromatic heterocycles. The Hall–Kier alpha value is -1.84. The van der Waals surface area contributed by atoms with Crippen molar-refractivity contribution in [2.24, 2.45) is 0 Å². The molecule has 2 rings (SSSR count). The minimum atomic E-state index is -0.812. The number of aryl methyl sites for hydroxylation is 1. The van der Waals surface area contributed by atoms with Gasteiger partial charge in [-0.15, -0.1) is 0 Å². The van der Waals surface area contributed by atoms with Crippen molar-refractivity contribution in [1.82, 2.24) is 10.2 Å². The third-order valence-corrected chi connectivity index (χ3v) is 3.97. The Labute approximate surface area is 120 Å². The summed E-state index contributed by atoms with van der Waals surface area (Å²) in [6, 6.07) is 7.65. The van der Waals surface area contributed by atoms with Gasteiger partial charge < -0.3 is 10.2 Å². The van der Waals surface area contributed by atoms with Gasteiger partial charge in [0.2, 0.25) is 11.8 Å². The Morgan fingerprint density at radius 3 is 2.35 bits per heavy atom. The maximum Gasteiger partial charge on any atom is 0.246 e. The monoisotopic (exact) mass is 274 g/mol. The summed E-state index contributed by atoms with van der Waals surface area (Å²) in [5, 5.41) is 2.80. The first-order valence-electron chi connectivity index (χ1n) is 7.04. The van der Waals surface area contributed by atoms with Gasteiger partial charge in [-0.05, 0) is 32.8 Å². The minimum Gasteiger partial charge on any atom is -0.342 e. The average molecular weight is 274 g/mol. The summed E-state index contributed by atoms with van der Waals surface area (Å²) in [6.45, 7) is 7.99. The second-order valence-electron chi connectivity index (χ2n) is 5.90. The molecule has 1 saturated heterocycles. The first-order valence-corrected chi connectivity index (χ1v) is 7.04. The lowest BCUT2D eigenvalue weighted by Gasteiger charge is -2.44. The van der Waals surface area contributed by atoms with Gasteiger partial charge in [-0.2, -0.15) is 0 Å². The summed E-state index contributed by atoms with van der Waals surface area (Å²) < 4.78 is 0. The molecule has 1 aromatic carbocycles. The maximum absolute atomic E-state index is 12.5. The fourth-order valence-corrected chi connectivity index (χ4v) is 2.41. The van der Waals surface area contributed by atoms with Gasteiger partial charge in [0.1, 0.15) is 11.6 Å². The number of nitrogens with zero attached hydrogens (tertiary/aromatic N) is 1. The molecule has 4 nitrogen and oxygen atoms in total. The quantitative estimate of drug-likeness (QED) is 0.916. The smallest absolute Gasteiger partial charge is 0.246 e. The molecule has 108 valence electrons. The van der Waals surface area contributed by atoms with Gasteiger partial charge in [0.05, 0.1) is 0 Å². The summed E-state index contributed by atoms with van der Waals surface area (Å²) >= 11 is 0. The van der Waals surface area contributed by atoms with Gasteiger partial charge in [0, 0.05) is 6.54 Å². The molecule has 1 aromatic rings. The molecule has 0 aliphatic carbocycles.